The van der Waals surface area contributed by atoms with Crippen LogP contribution in [-0.4, -0.2) is 14.9 Å². The Labute approximate surface area is 121 Å². The largest absolute Gasteiger partial charge is 0.416 e. The third-order valence-corrected chi connectivity index (χ3v) is 3.22. The van der Waals surface area contributed by atoms with E-state index in [9.17, 15) is 18.3 Å². The van der Waals surface area contributed by atoms with Gasteiger partial charge in [0.25, 0.3) is 0 Å². The Kier molecular flexibility index (Phi) is 4.37. The van der Waals surface area contributed by atoms with Crippen molar-refractivity contribution in [2.75, 3.05) is 0 Å². The predicted octanol–water partition coefficient (Wildman–Crippen LogP) is 3.76. The highest BCUT2D eigenvalue weighted by atomic mass is 19.4. The zero-order valence-corrected chi connectivity index (χ0v) is 11.8. The van der Waals surface area contributed by atoms with E-state index in [2.05, 4.69) is 5.10 Å². The molecule has 1 heterocycles. The van der Waals surface area contributed by atoms with Gasteiger partial charge >= 0.3 is 6.18 Å². The lowest BCUT2D eigenvalue weighted by molar-refractivity contribution is -0.139. The molecule has 0 aliphatic carbocycles. The number of hydrogen-bond donors (Lipinski definition) is 1. The molecule has 0 bridgehead atoms. The summed E-state index contributed by atoms with van der Waals surface area (Å²) in [7, 11) is 0. The van der Waals surface area contributed by atoms with Crippen molar-refractivity contribution >= 4 is 0 Å². The van der Waals surface area contributed by atoms with E-state index >= 15 is 0 Å². The van der Waals surface area contributed by atoms with Crippen LogP contribution < -0.4 is 0 Å². The van der Waals surface area contributed by atoms with Crippen LogP contribution in [0.5, 0.6) is 0 Å². The van der Waals surface area contributed by atoms with Gasteiger partial charge in [-0.3, -0.25) is 4.68 Å². The Bertz CT molecular complexity index is 605. The molecule has 1 aromatic carbocycles. The van der Waals surface area contributed by atoms with Gasteiger partial charge in [-0.15, -0.1) is 0 Å². The van der Waals surface area contributed by atoms with Crippen LogP contribution in [0.3, 0.4) is 0 Å². The Morgan fingerprint density at radius 3 is 2.43 bits per heavy atom. The van der Waals surface area contributed by atoms with Crippen molar-refractivity contribution in [3.8, 4) is 0 Å². The quantitative estimate of drug-likeness (QED) is 0.933. The molecular weight excluding hydrogens is 281 g/mol. The number of aliphatic hydroxyl groups excluding tert-OH is 1. The van der Waals surface area contributed by atoms with Crippen molar-refractivity contribution in [1.82, 2.24) is 9.78 Å². The van der Waals surface area contributed by atoms with Crippen LogP contribution in [0, 0.1) is 0 Å². The van der Waals surface area contributed by atoms with Crippen molar-refractivity contribution in [2.45, 2.75) is 38.6 Å². The van der Waals surface area contributed by atoms with E-state index in [0.717, 1.165) is 6.07 Å². The highest BCUT2D eigenvalue weighted by molar-refractivity contribution is 5.32. The lowest BCUT2D eigenvalue weighted by Gasteiger charge is -2.16. The lowest BCUT2D eigenvalue weighted by Crippen LogP contribution is -2.13. The van der Waals surface area contributed by atoms with E-state index in [-0.39, 0.29) is 18.0 Å². The van der Waals surface area contributed by atoms with Gasteiger partial charge in [-0.1, -0.05) is 18.2 Å². The summed E-state index contributed by atoms with van der Waals surface area (Å²) in [6.07, 6.45) is -3.91. The maximum Gasteiger partial charge on any atom is 0.416 e. The summed E-state index contributed by atoms with van der Waals surface area (Å²) in [5.74, 6) is 0. The summed E-state index contributed by atoms with van der Waals surface area (Å²) >= 11 is 0. The number of aliphatic hydroxyl groups is 1. The molecule has 0 aliphatic rings. The number of benzene rings is 1. The number of aromatic nitrogens is 2. The predicted molar refractivity (Wildman–Crippen MR) is 72.7 cm³/mol. The van der Waals surface area contributed by atoms with Crippen LogP contribution >= 0.6 is 0 Å². The van der Waals surface area contributed by atoms with Crippen molar-refractivity contribution in [3.63, 3.8) is 0 Å². The molecule has 1 aromatic heterocycles. The summed E-state index contributed by atoms with van der Waals surface area (Å²) in [5, 5.41) is 14.4. The highest BCUT2D eigenvalue weighted by Crippen LogP contribution is 2.35. The molecule has 1 unspecified atom stereocenters. The first-order valence-corrected chi connectivity index (χ1v) is 6.67. The molecule has 0 saturated heterocycles. The van der Waals surface area contributed by atoms with Crippen molar-refractivity contribution in [2.24, 2.45) is 0 Å². The van der Waals surface area contributed by atoms with E-state index in [1.54, 1.807) is 16.9 Å². The molecule has 2 rings (SSSR count). The monoisotopic (exact) mass is 298 g/mol. The number of hydrogen-bond acceptors (Lipinski definition) is 2. The summed E-state index contributed by atoms with van der Waals surface area (Å²) in [5.41, 5.74) is -0.363. The first-order chi connectivity index (χ1) is 9.79. The second kappa shape index (κ2) is 5.89. The van der Waals surface area contributed by atoms with Gasteiger partial charge in [0.1, 0.15) is 0 Å². The van der Waals surface area contributed by atoms with Gasteiger partial charge < -0.3 is 5.11 Å². The van der Waals surface area contributed by atoms with Gasteiger partial charge in [0.15, 0.2) is 0 Å². The maximum absolute atomic E-state index is 12.9. The molecule has 114 valence electrons. The van der Waals surface area contributed by atoms with E-state index < -0.39 is 17.8 Å². The summed E-state index contributed by atoms with van der Waals surface area (Å²) in [4.78, 5) is 0. The first kappa shape index (κ1) is 15.6. The molecule has 1 atom stereocenters. The molecule has 21 heavy (non-hydrogen) atoms. The Morgan fingerprint density at radius 1 is 1.19 bits per heavy atom. The molecular formula is C15H17F3N2O. The molecule has 3 nitrogen and oxygen atoms in total. The minimum Gasteiger partial charge on any atom is -0.388 e. The minimum atomic E-state index is -4.48. The molecule has 0 saturated carbocycles. The second-order valence-corrected chi connectivity index (χ2v) is 5.19. The van der Waals surface area contributed by atoms with Crippen LogP contribution in [0.15, 0.2) is 36.5 Å². The van der Waals surface area contributed by atoms with E-state index in [4.69, 9.17) is 0 Å². The zero-order valence-electron chi connectivity index (χ0n) is 11.8. The zero-order chi connectivity index (χ0) is 15.6. The number of nitrogens with zero attached hydrogens (tertiary/aromatic N) is 2. The van der Waals surface area contributed by atoms with Crippen LogP contribution in [0.25, 0.3) is 0 Å². The van der Waals surface area contributed by atoms with Crippen LogP contribution in [0.4, 0.5) is 13.2 Å². The molecule has 0 radical (unpaired) electrons. The molecule has 2 aromatic rings. The molecule has 0 fully saturated rings. The van der Waals surface area contributed by atoms with Crippen molar-refractivity contribution in [3.05, 3.63) is 53.3 Å². The fourth-order valence-corrected chi connectivity index (χ4v) is 2.13. The topological polar surface area (TPSA) is 38.0 Å². The average molecular weight is 298 g/mol. The average Bonchev–Trinajstić information content (AvgIpc) is 2.86. The summed E-state index contributed by atoms with van der Waals surface area (Å²) in [6, 6.07) is 6.95. The van der Waals surface area contributed by atoms with E-state index in [1.165, 1.54) is 18.2 Å². The Morgan fingerprint density at radius 2 is 1.86 bits per heavy atom. The third-order valence-electron chi connectivity index (χ3n) is 3.22. The SMILES string of the molecule is CC(C)n1ccc(CC(O)c2ccccc2C(F)(F)F)n1. The van der Waals surface area contributed by atoms with Gasteiger partial charge in [-0.25, -0.2) is 0 Å². The minimum absolute atomic E-state index is 0.0484. The third kappa shape index (κ3) is 3.64. The smallest absolute Gasteiger partial charge is 0.388 e. The molecule has 6 heteroatoms. The standard InChI is InChI=1S/C15H17F3N2O/c1-10(2)20-8-7-11(19-20)9-14(21)12-5-3-4-6-13(12)15(16,17)18/h3-8,10,14,21H,9H2,1-2H3. The Balaban J connectivity index is 2.22. The molecule has 0 amide bonds. The maximum atomic E-state index is 12.9. The lowest BCUT2D eigenvalue weighted by atomic mass is 9.99. The highest BCUT2D eigenvalue weighted by Gasteiger charge is 2.34. The molecule has 0 spiro atoms. The van der Waals surface area contributed by atoms with Gasteiger partial charge in [0.05, 0.1) is 17.4 Å². The summed E-state index contributed by atoms with van der Waals surface area (Å²) in [6.45, 7) is 3.90. The number of rotatable bonds is 4. The van der Waals surface area contributed by atoms with Gasteiger partial charge in [0, 0.05) is 18.7 Å². The van der Waals surface area contributed by atoms with Crippen molar-refractivity contribution < 1.29 is 18.3 Å². The van der Waals surface area contributed by atoms with Crippen LogP contribution in [0.1, 0.15) is 42.8 Å². The molecule has 1 N–H and O–H groups in total. The van der Waals surface area contributed by atoms with Crippen LogP contribution in [0.2, 0.25) is 0 Å². The number of alkyl halides is 3. The number of halogens is 3. The summed E-state index contributed by atoms with van der Waals surface area (Å²) < 4.78 is 40.5. The first-order valence-electron chi connectivity index (χ1n) is 6.67. The van der Waals surface area contributed by atoms with E-state index in [1.807, 2.05) is 13.8 Å². The fourth-order valence-electron chi connectivity index (χ4n) is 2.13. The fraction of sp³-hybridized carbons (Fsp3) is 0.400. The van der Waals surface area contributed by atoms with Crippen molar-refractivity contribution in [1.29, 1.82) is 0 Å². The molecule has 0 aliphatic heterocycles. The van der Waals surface area contributed by atoms with Gasteiger partial charge in [0.2, 0.25) is 0 Å². The second-order valence-electron chi connectivity index (χ2n) is 5.19. The van der Waals surface area contributed by atoms with E-state index in [0.29, 0.717) is 5.69 Å². The Hall–Kier alpha value is -1.82. The van der Waals surface area contributed by atoms with Gasteiger partial charge in [-0.2, -0.15) is 18.3 Å². The normalized spacial score (nSPS) is 13.7. The van der Waals surface area contributed by atoms with Gasteiger partial charge in [-0.05, 0) is 31.5 Å². The van der Waals surface area contributed by atoms with Crippen LogP contribution in [-0.2, 0) is 12.6 Å².